The Morgan fingerprint density at radius 2 is 1.95 bits per heavy atom. The smallest absolute Gasteiger partial charge is 0.333 e. The predicted molar refractivity (Wildman–Crippen MR) is 124 cm³/mol. The van der Waals surface area contributed by atoms with Gasteiger partial charge in [-0.1, -0.05) is 6.07 Å². The highest BCUT2D eigenvalue weighted by Gasteiger charge is 2.72. The lowest BCUT2D eigenvalue weighted by molar-refractivity contribution is -0.206. The number of esters is 1. The van der Waals surface area contributed by atoms with Crippen LogP contribution in [0.3, 0.4) is 0 Å². The molecule has 1 aromatic rings. The van der Waals surface area contributed by atoms with Gasteiger partial charge in [-0.05, 0) is 44.1 Å². The highest BCUT2D eigenvalue weighted by atomic mass is 16.6. The molecule has 0 aromatic heterocycles. The third-order valence-electron chi connectivity index (χ3n) is 8.23. The van der Waals surface area contributed by atoms with Crippen LogP contribution >= 0.6 is 0 Å². The maximum absolute atomic E-state index is 12.7. The summed E-state index contributed by atoms with van der Waals surface area (Å²) in [5.41, 5.74) is -0.605. The Labute approximate surface area is 216 Å². The van der Waals surface area contributed by atoms with Crippen LogP contribution in [-0.4, -0.2) is 103 Å². The number of piperidine rings is 1. The third kappa shape index (κ3) is 3.84. The van der Waals surface area contributed by atoms with E-state index in [1.807, 2.05) is 13.1 Å². The average Bonchev–Trinajstić information content (AvgIpc) is 3.20. The van der Waals surface area contributed by atoms with Crippen molar-refractivity contribution in [3.8, 4) is 11.5 Å². The van der Waals surface area contributed by atoms with E-state index < -0.39 is 66.4 Å². The number of likely N-dealkylation sites (N-methyl/N-ethyl adjacent to an activating group) is 1. The summed E-state index contributed by atoms with van der Waals surface area (Å²) in [6.07, 6.45) is -6.03. The number of aliphatic hydroxyl groups excluding tert-OH is 2. The van der Waals surface area contributed by atoms with Crippen LogP contribution in [0.5, 0.6) is 11.5 Å². The van der Waals surface area contributed by atoms with Crippen LogP contribution in [0, 0.1) is 0 Å². The number of carboxylic acids is 2. The minimum atomic E-state index is -2.17. The van der Waals surface area contributed by atoms with Gasteiger partial charge in [0.1, 0.15) is 11.9 Å². The van der Waals surface area contributed by atoms with Gasteiger partial charge in [0, 0.05) is 18.0 Å². The summed E-state index contributed by atoms with van der Waals surface area (Å²) in [6.45, 7) is 0.631. The van der Waals surface area contributed by atoms with Crippen LogP contribution in [0.2, 0.25) is 0 Å². The van der Waals surface area contributed by atoms with Crippen LogP contribution in [0.1, 0.15) is 36.8 Å². The molecule has 1 spiro atoms. The van der Waals surface area contributed by atoms with Gasteiger partial charge in [-0.2, -0.15) is 0 Å². The number of phenolic OH excluding ortho intramolecular Hbond substituents is 1. The molecular formula is C25H29NO12. The number of aromatic hydroxyl groups is 1. The Kier molecular flexibility index (Phi) is 6.39. The first-order chi connectivity index (χ1) is 17.9. The number of hydrogen-bond donors (Lipinski definition) is 6. The first-order valence-corrected chi connectivity index (χ1v) is 12.2. The van der Waals surface area contributed by atoms with Gasteiger partial charge in [-0.15, -0.1) is 0 Å². The van der Waals surface area contributed by atoms with Gasteiger partial charge in [0.25, 0.3) is 0 Å². The summed E-state index contributed by atoms with van der Waals surface area (Å²) in [5.74, 6) is -3.92. The van der Waals surface area contributed by atoms with Crippen molar-refractivity contribution >= 4 is 17.9 Å². The number of likely N-dealkylation sites (tertiary alicyclic amines) is 1. The van der Waals surface area contributed by atoms with E-state index in [4.69, 9.17) is 24.4 Å². The lowest BCUT2D eigenvalue weighted by Crippen LogP contribution is -2.74. The van der Waals surface area contributed by atoms with Crippen molar-refractivity contribution in [2.75, 3.05) is 13.6 Å². The molecule has 1 saturated heterocycles. The molecule has 0 amide bonds. The van der Waals surface area contributed by atoms with Crippen molar-refractivity contribution in [1.82, 2.24) is 4.90 Å². The van der Waals surface area contributed by atoms with Crippen molar-refractivity contribution in [2.45, 2.75) is 73.8 Å². The van der Waals surface area contributed by atoms with E-state index in [9.17, 15) is 34.8 Å². The largest absolute Gasteiger partial charge is 0.504 e. The molecule has 13 nitrogen and oxygen atoms in total. The minimum absolute atomic E-state index is 0.0864. The molecule has 1 aromatic carbocycles. The molecule has 0 radical (unpaired) electrons. The molecule has 7 atom stereocenters. The molecule has 0 saturated carbocycles. The predicted octanol–water partition coefficient (Wildman–Crippen LogP) is -0.773. The fourth-order valence-corrected chi connectivity index (χ4v) is 6.49. The van der Waals surface area contributed by atoms with Crippen LogP contribution in [0.25, 0.3) is 0 Å². The van der Waals surface area contributed by atoms with Crippen LogP contribution in [-0.2, 0) is 35.7 Å². The summed E-state index contributed by atoms with van der Waals surface area (Å²) in [4.78, 5) is 36.8. The monoisotopic (exact) mass is 535 g/mol. The maximum atomic E-state index is 12.7. The molecule has 6 N–H and O–H groups in total. The molecule has 2 aliphatic heterocycles. The maximum Gasteiger partial charge on any atom is 0.333 e. The Hall–Kier alpha value is -3.23. The van der Waals surface area contributed by atoms with Gasteiger partial charge in [0.2, 0.25) is 0 Å². The quantitative estimate of drug-likeness (QED) is 0.170. The van der Waals surface area contributed by atoms with E-state index >= 15 is 0 Å². The number of carbonyl (C=O) groups excluding carboxylic acids is 1. The molecule has 1 fully saturated rings. The second-order valence-electron chi connectivity index (χ2n) is 10.3. The highest BCUT2D eigenvalue weighted by Crippen LogP contribution is 2.65. The van der Waals surface area contributed by atoms with E-state index in [2.05, 4.69) is 4.90 Å². The van der Waals surface area contributed by atoms with Crippen LogP contribution < -0.4 is 4.74 Å². The fourth-order valence-electron chi connectivity index (χ4n) is 6.49. The summed E-state index contributed by atoms with van der Waals surface area (Å²) in [7, 11) is 1.94. The molecule has 2 heterocycles. The molecule has 1 unspecified atom stereocenters. The number of carbonyl (C=O) groups is 3. The second kappa shape index (κ2) is 9.20. The number of aliphatic carboxylic acids is 2. The number of hydrogen-bond acceptors (Lipinski definition) is 11. The molecular weight excluding hydrogens is 506 g/mol. The van der Waals surface area contributed by atoms with Crippen molar-refractivity contribution in [2.24, 2.45) is 0 Å². The number of aliphatic hydroxyl groups is 3. The Morgan fingerprint density at radius 1 is 1.21 bits per heavy atom. The Morgan fingerprint density at radius 3 is 2.63 bits per heavy atom. The first-order valence-electron chi connectivity index (χ1n) is 12.2. The number of nitrogens with zero attached hydrogens (tertiary/aromatic N) is 1. The lowest BCUT2D eigenvalue weighted by atomic mass is 9.50. The zero-order valence-electron chi connectivity index (χ0n) is 20.4. The number of benzene rings is 1. The normalized spacial score (nSPS) is 31.3. The number of phenols is 1. The average molecular weight is 536 g/mol. The van der Waals surface area contributed by atoms with Gasteiger partial charge in [0.15, 0.2) is 30.0 Å². The number of carboxylic acid groups (broad SMARTS) is 2. The van der Waals surface area contributed by atoms with E-state index in [0.29, 0.717) is 24.9 Å². The van der Waals surface area contributed by atoms with Gasteiger partial charge < -0.3 is 49.7 Å². The standard InChI is InChI=1S/C25H29NO12/c1-26-7-6-24-19-11-2-3-12(27)20(19)38-21(24)14(4-5-25(24,35)16(26)8-11)36-18(31)9-13(28)23(34)37-15(22(32)33)10-17(29)30/h2-4,13,15-16,21,23,27-28,34-35H,5-10H2,1H3,(H,29,30)(H,32,33)/t13-,15-,16+,21-,23?,24-,25+/m0/s1. The van der Waals surface area contributed by atoms with Crippen LogP contribution in [0.15, 0.2) is 24.0 Å². The zero-order chi connectivity index (χ0) is 27.6. The molecule has 38 heavy (non-hydrogen) atoms. The van der Waals surface area contributed by atoms with E-state index in [-0.39, 0.29) is 29.7 Å². The summed E-state index contributed by atoms with van der Waals surface area (Å²) in [6, 6.07) is 3.11. The summed E-state index contributed by atoms with van der Waals surface area (Å²) >= 11 is 0. The van der Waals surface area contributed by atoms with Crippen molar-refractivity contribution in [3.05, 3.63) is 35.1 Å². The first kappa shape index (κ1) is 26.4. The van der Waals surface area contributed by atoms with Gasteiger partial charge in [0.05, 0.1) is 23.9 Å². The minimum Gasteiger partial charge on any atom is -0.504 e. The van der Waals surface area contributed by atoms with Gasteiger partial charge in [-0.25, -0.2) is 4.79 Å². The van der Waals surface area contributed by atoms with Gasteiger partial charge in [-0.3, -0.25) is 9.59 Å². The van der Waals surface area contributed by atoms with Crippen molar-refractivity contribution in [1.29, 1.82) is 0 Å². The highest BCUT2D eigenvalue weighted by molar-refractivity contribution is 5.79. The molecule has 13 heteroatoms. The van der Waals surface area contributed by atoms with Crippen molar-refractivity contribution < 1.29 is 59.2 Å². The molecule has 2 aliphatic carbocycles. The van der Waals surface area contributed by atoms with Crippen LogP contribution in [0.4, 0.5) is 0 Å². The molecule has 4 aliphatic rings. The second-order valence-corrected chi connectivity index (χ2v) is 10.3. The van der Waals surface area contributed by atoms with Crippen molar-refractivity contribution in [3.63, 3.8) is 0 Å². The fraction of sp³-hybridized carbons (Fsp3) is 0.560. The SMILES string of the molecule is CN1CC[C@]23c4c5ccc(O)c4O[C@H]2C(OC(=O)C[C@H](O)C(O)O[C@@H](CC(=O)O)C(=O)O)=CC[C@@]3(O)[C@H]1C5. The number of ether oxygens (including phenoxy) is 3. The summed E-state index contributed by atoms with van der Waals surface area (Å²) < 4.78 is 16.4. The van der Waals surface area contributed by atoms with E-state index in [1.54, 1.807) is 6.08 Å². The third-order valence-corrected chi connectivity index (χ3v) is 8.23. The van der Waals surface area contributed by atoms with E-state index in [0.717, 1.165) is 5.56 Å². The Balaban J connectivity index is 1.36. The Bertz CT molecular complexity index is 1210. The topological polar surface area (TPSA) is 204 Å². The summed E-state index contributed by atoms with van der Waals surface area (Å²) in [5, 5.41) is 60.7. The zero-order valence-corrected chi connectivity index (χ0v) is 20.4. The number of rotatable bonds is 9. The van der Waals surface area contributed by atoms with E-state index in [1.165, 1.54) is 6.07 Å². The molecule has 2 bridgehead atoms. The lowest BCUT2D eigenvalue weighted by Gasteiger charge is -2.61. The van der Waals surface area contributed by atoms with Gasteiger partial charge >= 0.3 is 17.9 Å². The molecule has 206 valence electrons. The molecule has 5 rings (SSSR count).